The molecule has 0 fully saturated rings. The minimum Gasteiger partial charge on any atom is -0.397 e. The van der Waals surface area contributed by atoms with Gasteiger partial charge in [0.25, 0.3) is 15.8 Å². The molecule has 1 aromatic carbocycles. The summed E-state index contributed by atoms with van der Waals surface area (Å²) in [6.45, 7) is 1.41. The molecule has 1 aromatic rings. The van der Waals surface area contributed by atoms with E-state index in [0.717, 1.165) is 12.1 Å². The predicted molar refractivity (Wildman–Crippen MR) is 52.1 cm³/mol. The molecule has 3 N–H and O–H groups in total. The van der Waals surface area contributed by atoms with Crippen molar-refractivity contribution in [3.8, 4) is 0 Å². The molecular weight excluding hydrogens is 224 g/mol. The fraction of sp³-hybridized carbons (Fsp3) is 0.143. The third-order valence-electron chi connectivity index (χ3n) is 1.82. The summed E-state index contributed by atoms with van der Waals surface area (Å²) in [5.41, 5.74) is 4.97. The molecule has 0 aliphatic carbocycles. The Morgan fingerprint density at radius 2 is 2.00 bits per heavy atom. The first-order valence-corrected chi connectivity index (χ1v) is 5.19. The Bertz CT molecular complexity index is 522. The van der Waals surface area contributed by atoms with Crippen LogP contribution in [-0.4, -0.2) is 17.9 Å². The molecule has 0 saturated heterocycles. The molecule has 8 heteroatoms. The smallest absolute Gasteiger partial charge is 0.296 e. The van der Waals surface area contributed by atoms with E-state index in [0.29, 0.717) is 0 Å². The van der Waals surface area contributed by atoms with E-state index in [1.165, 1.54) is 6.92 Å². The van der Waals surface area contributed by atoms with Gasteiger partial charge in [-0.05, 0) is 12.5 Å². The molecule has 0 bridgehead atoms. The van der Waals surface area contributed by atoms with Crippen LogP contribution in [0.4, 0.5) is 11.4 Å². The average Bonchev–Trinajstić information content (AvgIpc) is 2.06. The lowest BCUT2D eigenvalue weighted by atomic mass is 10.2. The predicted octanol–water partition coefficient (Wildman–Crippen LogP) is 0.732. The van der Waals surface area contributed by atoms with Gasteiger partial charge in [-0.1, -0.05) is 0 Å². The molecule has 0 saturated carbocycles. The summed E-state index contributed by atoms with van der Waals surface area (Å²) in [4.78, 5) is 9.02. The Kier molecular flexibility index (Phi) is 2.65. The zero-order valence-corrected chi connectivity index (χ0v) is 8.48. The van der Waals surface area contributed by atoms with Gasteiger partial charge in [0.15, 0.2) is 0 Å². The summed E-state index contributed by atoms with van der Waals surface area (Å²) >= 11 is 0. The van der Waals surface area contributed by atoms with Crippen LogP contribution in [0.15, 0.2) is 17.0 Å². The van der Waals surface area contributed by atoms with E-state index in [1.54, 1.807) is 0 Å². The number of hydrogen-bond donors (Lipinski definition) is 2. The summed E-state index contributed by atoms with van der Waals surface area (Å²) < 4.78 is 30.4. The van der Waals surface area contributed by atoms with Crippen molar-refractivity contribution in [2.75, 3.05) is 5.73 Å². The van der Waals surface area contributed by atoms with Crippen LogP contribution in [0.2, 0.25) is 0 Å². The lowest BCUT2D eigenvalue weighted by Gasteiger charge is -2.05. The van der Waals surface area contributed by atoms with Crippen LogP contribution in [0.1, 0.15) is 5.56 Å². The van der Waals surface area contributed by atoms with Crippen molar-refractivity contribution in [3.63, 3.8) is 0 Å². The molecule has 1 rings (SSSR count). The number of nitro benzene ring substituents is 1. The number of nitrogens with two attached hydrogens (primary N) is 1. The van der Waals surface area contributed by atoms with E-state index in [2.05, 4.69) is 0 Å². The van der Waals surface area contributed by atoms with E-state index >= 15 is 0 Å². The average molecular weight is 232 g/mol. The van der Waals surface area contributed by atoms with Crippen LogP contribution >= 0.6 is 0 Å². The maximum atomic E-state index is 10.8. The van der Waals surface area contributed by atoms with E-state index in [1.807, 2.05) is 0 Å². The number of hydrogen-bond acceptors (Lipinski definition) is 5. The van der Waals surface area contributed by atoms with Crippen LogP contribution in [0.25, 0.3) is 0 Å². The highest BCUT2D eigenvalue weighted by Gasteiger charge is 2.20. The third-order valence-corrected chi connectivity index (χ3v) is 2.72. The fourth-order valence-corrected chi connectivity index (χ4v) is 1.78. The minimum atomic E-state index is -4.54. The lowest BCUT2D eigenvalue weighted by Crippen LogP contribution is -2.06. The molecule has 0 radical (unpaired) electrons. The zero-order valence-electron chi connectivity index (χ0n) is 7.67. The summed E-state index contributed by atoms with van der Waals surface area (Å²) in [6, 6.07) is 1.85. The van der Waals surface area contributed by atoms with E-state index in [-0.39, 0.29) is 11.3 Å². The molecule has 0 amide bonds. The Labute approximate surface area is 85.4 Å². The van der Waals surface area contributed by atoms with Gasteiger partial charge < -0.3 is 5.73 Å². The van der Waals surface area contributed by atoms with E-state index in [9.17, 15) is 18.5 Å². The standard InChI is InChI=1S/C7H8N2O5S/c1-4-2-5(9(10)11)3-6(7(4)8)15(12,13)14/h2-3H,8H2,1H3,(H,12,13,14). The first-order valence-electron chi connectivity index (χ1n) is 3.75. The second-order valence-corrected chi connectivity index (χ2v) is 4.30. The number of nitrogen functional groups attached to an aromatic ring is 1. The number of benzene rings is 1. The minimum absolute atomic E-state index is 0.192. The van der Waals surface area contributed by atoms with Crippen molar-refractivity contribution in [1.29, 1.82) is 0 Å². The highest BCUT2D eigenvalue weighted by atomic mass is 32.2. The maximum Gasteiger partial charge on any atom is 0.296 e. The molecule has 0 aliphatic heterocycles. The summed E-state index contributed by atoms with van der Waals surface area (Å²) in [6.07, 6.45) is 0. The normalized spacial score (nSPS) is 11.3. The second kappa shape index (κ2) is 3.48. The maximum absolute atomic E-state index is 10.8. The highest BCUT2D eigenvalue weighted by molar-refractivity contribution is 7.86. The van der Waals surface area contributed by atoms with Gasteiger partial charge in [0.2, 0.25) is 0 Å². The van der Waals surface area contributed by atoms with Crippen LogP contribution < -0.4 is 5.73 Å². The van der Waals surface area contributed by atoms with Gasteiger partial charge in [0, 0.05) is 12.1 Å². The molecule has 0 aromatic heterocycles. The van der Waals surface area contributed by atoms with Crippen LogP contribution in [-0.2, 0) is 10.1 Å². The van der Waals surface area contributed by atoms with Crippen molar-refractivity contribution in [2.45, 2.75) is 11.8 Å². The van der Waals surface area contributed by atoms with Gasteiger partial charge in [0.05, 0.1) is 10.6 Å². The van der Waals surface area contributed by atoms with Gasteiger partial charge in [-0.25, -0.2) is 0 Å². The Morgan fingerprint density at radius 3 is 2.40 bits per heavy atom. The second-order valence-electron chi connectivity index (χ2n) is 2.91. The van der Waals surface area contributed by atoms with Crippen molar-refractivity contribution in [2.24, 2.45) is 0 Å². The summed E-state index contributed by atoms with van der Waals surface area (Å²) in [5.74, 6) is 0. The quantitative estimate of drug-likeness (QED) is 0.335. The molecule has 0 heterocycles. The SMILES string of the molecule is Cc1cc([N+](=O)[O-])cc(S(=O)(=O)O)c1N. The number of nitrogens with zero attached hydrogens (tertiary/aromatic N) is 1. The topological polar surface area (TPSA) is 124 Å². The number of nitro groups is 1. The zero-order chi connectivity index (χ0) is 11.8. The number of anilines is 1. The fourth-order valence-electron chi connectivity index (χ4n) is 1.07. The van der Waals surface area contributed by atoms with Crippen molar-refractivity contribution in [1.82, 2.24) is 0 Å². The Hall–Kier alpha value is -1.67. The Morgan fingerprint density at radius 1 is 1.47 bits per heavy atom. The van der Waals surface area contributed by atoms with Crippen LogP contribution in [0.3, 0.4) is 0 Å². The van der Waals surface area contributed by atoms with E-state index < -0.39 is 25.6 Å². The summed E-state index contributed by atoms with van der Waals surface area (Å²) in [5, 5.41) is 10.4. The summed E-state index contributed by atoms with van der Waals surface area (Å²) in [7, 11) is -4.54. The van der Waals surface area contributed by atoms with Crippen LogP contribution in [0, 0.1) is 17.0 Å². The van der Waals surface area contributed by atoms with Gasteiger partial charge in [-0.15, -0.1) is 0 Å². The number of non-ortho nitro benzene ring substituents is 1. The molecule has 0 aliphatic rings. The van der Waals surface area contributed by atoms with Gasteiger partial charge in [-0.2, -0.15) is 8.42 Å². The van der Waals surface area contributed by atoms with Crippen molar-refractivity contribution in [3.05, 3.63) is 27.8 Å². The lowest BCUT2D eigenvalue weighted by molar-refractivity contribution is -0.385. The van der Waals surface area contributed by atoms with Gasteiger partial charge in [0.1, 0.15) is 4.90 Å². The van der Waals surface area contributed by atoms with Crippen LogP contribution in [0.5, 0.6) is 0 Å². The number of aryl methyl sites for hydroxylation is 1. The first-order chi connectivity index (χ1) is 6.73. The Balaban J connectivity index is 3.59. The molecule has 7 nitrogen and oxygen atoms in total. The largest absolute Gasteiger partial charge is 0.397 e. The molecule has 82 valence electrons. The monoisotopic (exact) mass is 232 g/mol. The van der Waals surface area contributed by atoms with Crippen molar-refractivity contribution < 1.29 is 17.9 Å². The van der Waals surface area contributed by atoms with Gasteiger partial charge in [-0.3, -0.25) is 14.7 Å². The van der Waals surface area contributed by atoms with Gasteiger partial charge >= 0.3 is 0 Å². The molecule has 0 atom stereocenters. The number of rotatable bonds is 2. The first kappa shape index (κ1) is 11.4. The third kappa shape index (κ3) is 2.22. The molecule has 15 heavy (non-hydrogen) atoms. The van der Waals surface area contributed by atoms with Crippen molar-refractivity contribution >= 4 is 21.5 Å². The highest BCUT2D eigenvalue weighted by Crippen LogP contribution is 2.27. The molecular formula is C7H8N2O5S. The van der Waals surface area contributed by atoms with E-state index in [4.69, 9.17) is 10.3 Å². The molecule has 0 unspecified atom stereocenters. The molecule has 0 spiro atoms.